The van der Waals surface area contributed by atoms with Gasteiger partial charge in [0, 0.05) is 25.6 Å². The molecule has 1 fully saturated rings. The monoisotopic (exact) mass is 240 g/mol. The first kappa shape index (κ1) is 14.5. The van der Waals surface area contributed by atoms with Gasteiger partial charge in [0.1, 0.15) is 0 Å². The highest BCUT2D eigenvalue weighted by molar-refractivity contribution is 5.76. The molecule has 1 amide bonds. The molecule has 1 saturated heterocycles. The molecule has 0 aromatic rings. The van der Waals surface area contributed by atoms with E-state index in [1.165, 1.54) is 6.42 Å². The molecule has 1 aliphatic rings. The summed E-state index contributed by atoms with van der Waals surface area (Å²) in [6.07, 6.45) is 3.05. The van der Waals surface area contributed by atoms with Crippen LogP contribution in [0.3, 0.4) is 0 Å². The van der Waals surface area contributed by atoms with Crippen LogP contribution in [0.2, 0.25) is 0 Å². The fourth-order valence-electron chi connectivity index (χ4n) is 2.43. The van der Waals surface area contributed by atoms with Crippen molar-refractivity contribution >= 4 is 5.91 Å². The van der Waals surface area contributed by atoms with E-state index >= 15 is 0 Å². The second-order valence-corrected chi connectivity index (χ2v) is 6.08. The van der Waals surface area contributed by atoms with Gasteiger partial charge in [-0.2, -0.15) is 0 Å². The molecule has 0 aliphatic carbocycles. The van der Waals surface area contributed by atoms with E-state index in [0.717, 1.165) is 26.1 Å². The van der Waals surface area contributed by atoms with E-state index in [4.69, 9.17) is 0 Å². The number of carbonyl (C=O) groups excluding carboxylic acids is 1. The molecular formula is C14H28N2O. The molecule has 17 heavy (non-hydrogen) atoms. The molecule has 100 valence electrons. The van der Waals surface area contributed by atoms with Crippen LogP contribution >= 0.6 is 0 Å². The van der Waals surface area contributed by atoms with Crippen LogP contribution in [0.15, 0.2) is 0 Å². The Balaban J connectivity index is 2.45. The molecule has 1 unspecified atom stereocenters. The quantitative estimate of drug-likeness (QED) is 0.772. The largest absolute Gasteiger partial charge is 0.342 e. The topological polar surface area (TPSA) is 32.3 Å². The summed E-state index contributed by atoms with van der Waals surface area (Å²) in [5.74, 6) is 1.43. The van der Waals surface area contributed by atoms with Gasteiger partial charge in [0.25, 0.3) is 0 Å². The lowest BCUT2D eigenvalue weighted by molar-refractivity contribution is -0.132. The van der Waals surface area contributed by atoms with Crippen molar-refractivity contribution in [3.63, 3.8) is 0 Å². The molecule has 0 spiro atoms. The van der Waals surface area contributed by atoms with Crippen molar-refractivity contribution in [1.29, 1.82) is 0 Å². The summed E-state index contributed by atoms with van der Waals surface area (Å²) in [5, 5.41) is 3.40. The first-order valence-corrected chi connectivity index (χ1v) is 7.00. The Morgan fingerprint density at radius 2 is 1.82 bits per heavy atom. The minimum absolute atomic E-state index is 0.326. The standard InChI is InChI=1S/C14H28N2O/c1-11(2)9-16(10-12(3)4)14(17)8-13-6-5-7-15-13/h11-13,15H,5-10H2,1-4H3. The molecule has 3 nitrogen and oxygen atoms in total. The van der Waals surface area contributed by atoms with Crippen LogP contribution in [0.4, 0.5) is 0 Å². The molecule has 1 N–H and O–H groups in total. The fraction of sp³-hybridized carbons (Fsp3) is 0.929. The lowest BCUT2D eigenvalue weighted by Gasteiger charge is -2.27. The van der Waals surface area contributed by atoms with Gasteiger partial charge in [-0.3, -0.25) is 4.79 Å². The zero-order valence-electron chi connectivity index (χ0n) is 11.8. The van der Waals surface area contributed by atoms with E-state index in [1.807, 2.05) is 0 Å². The zero-order chi connectivity index (χ0) is 12.8. The van der Waals surface area contributed by atoms with Crippen molar-refractivity contribution in [2.75, 3.05) is 19.6 Å². The molecule has 0 aromatic heterocycles. The van der Waals surface area contributed by atoms with Crippen molar-refractivity contribution in [3.05, 3.63) is 0 Å². The SMILES string of the molecule is CC(C)CN(CC(C)C)C(=O)CC1CCCN1. The Bertz CT molecular complexity index is 222. The van der Waals surface area contributed by atoms with Gasteiger partial charge in [-0.1, -0.05) is 27.7 Å². The van der Waals surface area contributed by atoms with Gasteiger partial charge >= 0.3 is 0 Å². The zero-order valence-corrected chi connectivity index (χ0v) is 11.8. The summed E-state index contributed by atoms with van der Waals surface area (Å²) in [6.45, 7) is 11.6. The number of carbonyl (C=O) groups is 1. The summed E-state index contributed by atoms with van der Waals surface area (Å²) < 4.78 is 0. The lowest BCUT2D eigenvalue weighted by atomic mass is 10.1. The Morgan fingerprint density at radius 3 is 2.24 bits per heavy atom. The minimum Gasteiger partial charge on any atom is -0.342 e. The third kappa shape index (κ3) is 5.53. The fourth-order valence-corrected chi connectivity index (χ4v) is 2.43. The van der Waals surface area contributed by atoms with Gasteiger partial charge in [-0.05, 0) is 31.2 Å². The molecule has 0 bridgehead atoms. The molecule has 1 aliphatic heterocycles. The second-order valence-electron chi connectivity index (χ2n) is 6.08. The number of amides is 1. The maximum absolute atomic E-state index is 12.3. The molecule has 0 saturated carbocycles. The van der Waals surface area contributed by atoms with Crippen LogP contribution in [0.1, 0.15) is 47.0 Å². The predicted octanol–water partition coefficient (Wildman–Crippen LogP) is 2.27. The highest BCUT2D eigenvalue weighted by Crippen LogP contribution is 2.12. The Kier molecular flexibility index (Phi) is 5.96. The van der Waals surface area contributed by atoms with Gasteiger partial charge in [0.15, 0.2) is 0 Å². The van der Waals surface area contributed by atoms with Gasteiger partial charge in [-0.15, -0.1) is 0 Å². The molecule has 3 heteroatoms. The third-order valence-electron chi connectivity index (χ3n) is 3.11. The summed E-state index contributed by atoms with van der Waals surface area (Å²) in [5.41, 5.74) is 0. The lowest BCUT2D eigenvalue weighted by Crippen LogP contribution is -2.40. The first-order valence-electron chi connectivity index (χ1n) is 7.00. The Hall–Kier alpha value is -0.570. The summed E-state index contributed by atoms with van der Waals surface area (Å²) in [7, 11) is 0. The van der Waals surface area contributed by atoms with Crippen molar-refractivity contribution in [3.8, 4) is 0 Å². The summed E-state index contributed by atoms with van der Waals surface area (Å²) in [6, 6.07) is 0.421. The molecular weight excluding hydrogens is 212 g/mol. The minimum atomic E-state index is 0.326. The average molecular weight is 240 g/mol. The second kappa shape index (κ2) is 7.00. The van der Waals surface area contributed by atoms with Crippen LogP contribution in [-0.2, 0) is 4.79 Å². The highest BCUT2D eigenvalue weighted by atomic mass is 16.2. The van der Waals surface area contributed by atoms with Gasteiger partial charge in [0.2, 0.25) is 5.91 Å². The van der Waals surface area contributed by atoms with Crippen LogP contribution in [0, 0.1) is 11.8 Å². The number of hydrogen-bond acceptors (Lipinski definition) is 2. The van der Waals surface area contributed by atoms with Crippen LogP contribution in [-0.4, -0.2) is 36.5 Å². The van der Waals surface area contributed by atoms with E-state index in [1.54, 1.807) is 0 Å². The molecule has 1 atom stereocenters. The van der Waals surface area contributed by atoms with E-state index in [-0.39, 0.29) is 0 Å². The smallest absolute Gasteiger partial charge is 0.224 e. The number of hydrogen-bond donors (Lipinski definition) is 1. The van der Waals surface area contributed by atoms with E-state index < -0.39 is 0 Å². The first-order chi connectivity index (χ1) is 7.99. The van der Waals surface area contributed by atoms with Crippen molar-refractivity contribution in [2.45, 2.75) is 53.0 Å². The average Bonchev–Trinajstić information content (AvgIpc) is 2.67. The van der Waals surface area contributed by atoms with E-state index in [9.17, 15) is 4.79 Å². The van der Waals surface area contributed by atoms with Crippen LogP contribution < -0.4 is 5.32 Å². The number of nitrogens with one attached hydrogen (secondary N) is 1. The van der Waals surface area contributed by atoms with Crippen molar-refractivity contribution in [1.82, 2.24) is 10.2 Å². The van der Waals surface area contributed by atoms with Gasteiger partial charge < -0.3 is 10.2 Å². The summed E-state index contributed by atoms with van der Waals surface area (Å²) in [4.78, 5) is 14.3. The van der Waals surface area contributed by atoms with Crippen molar-refractivity contribution in [2.24, 2.45) is 11.8 Å². The van der Waals surface area contributed by atoms with Crippen molar-refractivity contribution < 1.29 is 4.79 Å². The number of nitrogens with zero attached hydrogens (tertiary/aromatic N) is 1. The molecule has 1 heterocycles. The van der Waals surface area contributed by atoms with Gasteiger partial charge in [-0.25, -0.2) is 0 Å². The van der Waals surface area contributed by atoms with Gasteiger partial charge in [0.05, 0.1) is 0 Å². The molecule has 0 radical (unpaired) electrons. The Labute approximate surface area is 106 Å². The predicted molar refractivity (Wildman–Crippen MR) is 71.9 cm³/mol. The normalized spacial score (nSPS) is 20.2. The van der Waals surface area contributed by atoms with Crippen LogP contribution in [0.5, 0.6) is 0 Å². The summed E-state index contributed by atoms with van der Waals surface area (Å²) >= 11 is 0. The van der Waals surface area contributed by atoms with E-state index in [0.29, 0.717) is 30.2 Å². The van der Waals surface area contributed by atoms with Crippen LogP contribution in [0.25, 0.3) is 0 Å². The molecule has 1 rings (SSSR count). The molecule has 0 aromatic carbocycles. The van der Waals surface area contributed by atoms with E-state index in [2.05, 4.69) is 37.9 Å². The highest BCUT2D eigenvalue weighted by Gasteiger charge is 2.22. The Morgan fingerprint density at radius 1 is 1.24 bits per heavy atom. The maximum Gasteiger partial charge on any atom is 0.224 e. The third-order valence-corrected chi connectivity index (χ3v) is 3.11. The number of rotatable bonds is 6. The maximum atomic E-state index is 12.3.